The Kier molecular flexibility index (Phi) is 6.72. The lowest BCUT2D eigenvalue weighted by atomic mass is 9.84. The summed E-state index contributed by atoms with van der Waals surface area (Å²) in [5, 5.41) is 0. The predicted molar refractivity (Wildman–Crippen MR) is 104 cm³/mol. The zero-order chi connectivity index (χ0) is 19.2. The Morgan fingerprint density at radius 1 is 1.19 bits per heavy atom. The first-order valence-corrected chi connectivity index (χ1v) is 10.0. The fraction of sp³-hybridized carbons (Fsp3) is 0.619. The smallest absolute Gasteiger partial charge is 0.315 e. The van der Waals surface area contributed by atoms with Crippen molar-refractivity contribution in [1.29, 1.82) is 0 Å². The van der Waals surface area contributed by atoms with E-state index < -0.39 is 6.03 Å². The van der Waals surface area contributed by atoms with Gasteiger partial charge in [0.2, 0.25) is 5.91 Å². The van der Waals surface area contributed by atoms with Gasteiger partial charge in [-0.2, -0.15) is 0 Å². The van der Waals surface area contributed by atoms with Crippen molar-refractivity contribution in [3.05, 3.63) is 35.9 Å². The molecule has 2 heterocycles. The van der Waals surface area contributed by atoms with Crippen molar-refractivity contribution in [1.82, 2.24) is 9.80 Å². The molecule has 0 saturated carbocycles. The standard InChI is InChI=1S/C21H31N3O3/c1-27-14-13-23-15-17(16-7-3-2-4-8-16)10-11-18(20(23)25)19-9-5-6-12-24(19)21(22)26/h2-4,7-8,17-19H,5-6,9-15H2,1H3,(H2,22,26). The van der Waals surface area contributed by atoms with E-state index in [1.165, 1.54) is 5.56 Å². The maximum absolute atomic E-state index is 13.4. The molecule has 148 valence electrons. The zero-order valence-corrected chi connectivity index (χ0v) is 16.2. The van der Waals surface area contributed by atoms with Crippen molar-refractivity contribution in [3.63, 3.8) is 0 Å². The highest BCUT2D eigenvalue weighted by molar-refractivity contribution is 5.81. The zero-order valence-electron chi connectivity index (χ0n) is 16.2. The summed E-state index contributed by atoms with van der Waals surface area (Å²) in [5.74, 6) is 0.273. The number of nitrogens with zero attached hydrogens (tertiary/aromatic N) is 2. The molecule has 1 aromatic rings. The van der Waals surface area contributed by atoms with Crippen LogP contribution in [0.2, 0.25) is 0 Å². The first kappa shape index (κ1) is 19.7. The number of amides is 3. The second kappa shape index (κ2) is 9.22. The van der Waals surface area contributed by atoms with Gasteiger partial charge in [-0.15, -0.1) is 0 Å². The van der Waals surface area contributed by atoms with Crippen LogP contribution in [0, 0.1) is 5.92 Å². The molecular formula is C21H31N3O3. The number of piperidine rings is 1. The van der Waals surface area contributed by atoms with Crippen LogP contribution in [0.25, 0.3) is 0 Å². The minimum Gasteiger partial charge on any atom is -0.383 e. The molecule has 0 aliphatic carbocycles. The molecule has 6 nitrogen and oxygen atoms in total. The molecule has 2 aliphatic heterocycles. The topological polar surface area (TPSA) is 75.9 Å². The molecular weight excluding hydrogens is 342 g/mol. The van der Waals surface area contributed by atoms with Gasteiger partial charge < -0.3 is 20.3 Å². The summed E-state index contributed by atoms with van der Waals surface area (Å²) in [5.41, 5.74) is 6.89. The van der Waals surface area contributed by atoms with Crippen molar-refractivity contribution >= 4 is 11.9 Å². The molecule has 0 aromatic heterocycles. The number of methoxy groups -OCH3 is 1. The van der Waals surface area contributed by atoms with E-state index in [1.54, 1.807) is 12.0 Å². The number of benzene rings is 1. The van der Waals surface area contributed by atoms with Crippen LogP contribution in [-0.2, 0) is 9.53 Å². The van der Waals surface area contributed by atoms with Gasteiger partial charge in [-0.25, -0.2) is 4.79 Å². The van der Waals surface area contributed by atoms with E-state index in [9.17, 15) is 9.59 Å². The molecule has 2 N–H and O–H groups in total. The number of primary amides is 1. The van der Waals surface area contributed by atoms with Gasteiger partial charge in [0.15, 0.2) is 0 Å². The molecule has 1 aromatic carbocycles. The number of hydrogen-bond acceptors (Lipinski definition) is 3. The highest BCUT2D eigenvalue weighted by atomic mass is 16.5. The lowest BCUT2D eigenvalue weighted by Crippen LogP contribution is -2.53. The highest BCUT2D eigenvalue weighted by Gasteiger charge is 2.40. The molecule has 3 unspecified atom stereocenters. The van der Waals surface area contributed by atoms with Gasteiger partial charge in [0.1, 0.15) is 0 Å². The van der Waals surface area contributed by atoms with Crippen molar-refractivity contribution < 1.29 is 14.3 Å². The number of hydrogen-bond donors (Lipinski definition) is 1. The summed E-state index contributed by atoms with van der Waals surface area (Å²) in [6.07, 6.45) is 4.58. The molecule has 6 heteroatoms. The largest absolute Gasteiger partial charge is 0.383 e. The third-order valence-corrected chi connectivity index (χ3v) is 6.03. The van der Waals surface area contributed by atoms with Crippen molar-refractivity contribution in [2.24, 2.45) is 11.7 Å². The monoisotopic (exact) mass is 373 g/mol. The lowest BCUT2D eigenvalue weighted by Gasteiger charge is -2.39. The van der Waals surface area contributed by atoms with E-state index in [4.69, 9.17) is 10.5 Å². The molecule has 3 amide bonds. The van der Waals surface area contributed by atoms with Gasteiger partial charge in [-0.3, -0.25) is 4.79 Å². The van der Waals surface area contributed by atoms with Gasteiger partial charge in [0, 0.05) is 38.7 Å². The average molecular weight is 373 g/mol. The van der Waals surface area contributed by atoms with Crippen molar-refractivity contribution in [3.8, 4) is 0 Å². The number of nitrogens with two attached hydrogens (primary N) is 1. The summed E-state index contributed by atoms with van der Waals surface area (Å²) in [6, 6.07) is 9.91. The van der Waals surface area contributed by atoms with Crippen molar-refractivity contribution in [2.75, 3.05) is 33.4 Å². The molecule has 0 radical (unpaired) electrons. The Labute approximate surface area is 161 Å². The number of carbonyl (C=O) groups excluding carboxylic acids is 2. The maximum Gasteiger partial charge on any atom is 0.315 e. The molecule has 3 rings (SSSR count). The van der Waals surface area contributed by atoms with E-state index in [2.05, 4.69) is 24.3 Å². The summed E-state index contributed by atoms with van der Waals surface area (Å²) in [4.78, 5) is 29.0. The van der Waals surface area contributed by atoms with E-state index >= 15 is 0 Å². The van der Waals surface area contributed by atoms with Gasteiger partial charge >= 0.3 is 6.03 Å². The summed E-state index contributed by atoms with van der Waals surface area (Å²) in [7, 11) is 1.66. The molecule has 2 aliphatic rings. The fourth-order valence-electron chi connectivity index (χ4n) is 4.59. The van der Waals surface area contributed by atoms with Crippen LogP contribution in [0.4, 0.5) is 4.79 Å². The number of likely N-dealkylation sites (tertiary alicyclic amines) is 2. The highest BCUT2D eigenvalue weighted by Crippen LogP contribution is 2.34. The Bertz CT molecular complexity index is 637. The van der Waals surface area contributed by atoms with Gasteiger partial charge in [0.05, 0.1) is 12.5 Å². The van der Waals surface area contributed by atoms with Crippen LogP contribution in [0.1, 0.15) is 43.6 Å². The number of rotatable bonds is 5. The van der Waals surface area contributed by atoms with Crippen LogP contribution >= 0.6 is 0 Å². The van der Waals surface area contributed by atoms with Crippen LogP contribution in [-0.4, -0.2) is 61.1 Å². The van der Waals surface area contributed by atoms with E-state index in [0.29, 0.717) is 32.2 Å². The lowest BCUT2D eigenvalue weighted by molar-refractivity contribution is -0.138. The molecule has 0 spiro atoms. The van der Waals surface area contributed by atoms with Gasteiger partial charge in [-0.05, 0) is 37.7 Å². The normalized spacial score (nSPS) is 26.7. The molecule has 0 bridgehead atoms. The third-order valence-electron chi connectivity index (χ3n) is 6.03. The van der Waals surface area contributed by atoms with Crippen LogP contribution in [0.3, 0.4) is 0 Å². The summed E-state index contributed by atoms with van der Waals surface area (Å²) in [6.45, 7) is 2.46. The molecule has 2 saturated heterocycles. The first-order chi connectivity index (χ1) is 13.1. The Hall–Kier alpha value is -2.08. The Morgan fingerprint density at radius 2 is 1.96 bits per heavy atom. The third kappa shape index (κ3) is 4.61. The van der Waals surface area contributed by atoms with E-state index in [0.717, 1.165) is 32.1 Å². The number of carbonyl (C=O) groups is 2. The van der Waals surface area contributed by atoms with Crippen LogP contribution in [0.15, 0.2) is 30.3 Å². The minimum atomic E-state index is -0.403. The minimum absolute atomic E-state index is 0.0803. The Morgan fingerprint density at radius 3 is 2.67 bits per heavy atom. The second-order valence-electron chi connectivity index (χ2n) is 7.66. The number of ether oxygens (including phenoxy) is 1. The second-order valence-corrected chi connectivity index (χ2v) is 7.66. The van der Waals surface area contributed by atoms with Gasteiger partial charge in [-0.1, -0.05) is 30.3 Å². The fourth-order valence-corrected chi connectivity index (χ4v) is 4.59. The van der Waals surface area contributed by atoms with Crippen LogP contribution in [0.5, 0.6) is 0 Å². The van der Waals surface area contributed by atoms with Gasteiger partial charge in [0.25, 0.3) is 0 Å². The molecule has 2 fully saturated rings. The molecule has 27 heavy (non-hydrogen) atoms. The average Bonchev–Trinajstić information content (AvgIpc) is 2.86. The Balaban J connectivity index is 1.84. The van der Waals surface area contributed by atoms with Crippen molar-refractivity contribution in [2.45, 2.75) is 44.1 Å². The SMILES string of the molecule is COCCN1CC(c2ccccc2)CCC(C2CCCCN2C(N)=O)C1=O. The van der Waals surface area contributed by atoms with E-state index in [-0.39, 0.29) is 17.9 Å². The maximum atomic E-state index is 13.4. The predicted octanol–water partition coefficient (Wildman–Crippen LogP) is 2.59. The first-order valence-electron chi connectivity index (χ1n) is 10.0. The van der Waals surface area contributed by atoms with E-state index in [1.807, 2.05) is 11.0 Å². The molecule has 3 atom stereocenters. The summed E-state index contributed by atoms with van der Waals surface area (Å²) >= 11 is 0. The summed E-state index contributed by atoms with van der Waals surface area (Å²) < 4.78 is 5.24. The van der Waals surface area contributed by atoms with Crippen LogP contribution < -0.4 is 5.73 Å². The quantitative estimate of drug-likeness (QED) is 0.862. The number of urea groups is 1.